The average molecular weight is 511 g/mol. The minimum absolute atomic E-state index is 0.0675. The summed E-state index contributed by atoms with van der Waals surface area (Å²) in [5, 5.41) is 6.64. The molecule has 0 saturated carbocycles. The summed E-state index contributed by atoms with van der Waals surface area (Å²) in [5.74, 6) is 0.691. The summed E-state index contributed by atoms with van der Waals surface area (Å²) in [5.41, 5.74) is 2.02. The van der Waals surface area contributed by atoms with Crippen molar-refractivity contribution in [2.75, 3.05) is 19.0 Å². The largest absolute Gasteiger partial charge is 0.493 e. The van der Waals surface area contributed by atoms with Gasteiger partial charge >= 0.3 is 0 Å². The summed E-state index contributed by atoms with van der Waals surface area (Å²) < 4.78 is 44.6. The van der Waals surface area contributed by atoms with Crippen molar-refractivity contribution in [2.45, 2.75) is 32.6 Å². The van der Waals surface area contributed by atoms with Crippen molar-refractivity contribution in [3.8, 4) is 5.75 Å². The van der Waals surface area contributed by atoms with Gasteiger partial charge in [-0.1, -0.05) is 60.7 Å². The lowest BCUT2D eigenvalue weighted by Gasteiger charge is -2.08. The van der Waals surface area contributed by atoms with Crippen molar-refractivity contribution in [2.24, 2.45) is 7.05 Å². The van der Waals surface area contributed by atoms with Crippen LogP contribution in [0.25, 0.3) is 10.8 Å². The molecule has 0 radical (unpaired) electrons. The third kappa shape index (κ3) is 7.87. The van der Waals surface area contributed by atoms with Crippen molar-refractivity contribution in [3.05, 3.63) is 90.3 Å². The maximum absolute atomic E-state index is 12.2. The Hall–Kier alpha value is -3.27. The summed E-state index contributed by atoms with van der Waals surface area (Å²) in [6.45, 7) is 1.89. The molecule has 0 N–H and O–H groups in total. The van der Waals surface area contributed by atoms with Gasteiger partial charge in [0, 0.05) is 12.8 Å². The van der Waals surface area contributed by atoms with E-state index in [-0.39, 0.29) is 12.4 Å². The Kier molecular flexibility index (Phi) is 9.05. The average Bonchev–Trinajstić information content (AvgIpc) is 3.23. The molecule has 0 saturated heterocycles. The van der Waals surface area contributed by atoms with E-state index in [4.69, 9.17) is 13.7 Å². The quantitative estimate of drug-likeness (QED) is 0.146. The van der Waals surface area contributed by atoms with Gasteiger partial charge in [0.2, 0.25) is 0 Å². The Morgan fingerprint density at radius 2 is 1.67 bits per heavy atom. The zero-order valence-electron chi connectivity index (χ0n) is 20.5. The highest BCUT2D eigenvalue weighted by atomic mass is 32.2. The molecule has 8 nitrogen and oxygen atoms in total. The van der Waals surface area contributed by atoms with Crippen molar-refractivity contribution in [3.63, 3.8) is 0 Å². The second-order valence-corrected chi connectivity index (χ2v) is 10.3. The number of hydrogen-bond donors (Lipinski definition) is 0. The van der Waals surface area contributed by atoms with Crippen LogP contribution in [0.2, 0.25) is 0 Å². The SMILES string of the molecule is Cn1n[n+](CCCS(=O)(=O)OCCCOc2ccc3ccccc3c2)cc1COCc1ccccc1. The van der Waals surface area contributed by atoms with Gasteiger partial charge in [0.15, 0.2) is 11.9 Å². The van der Waals surface area contributed by atoms with Crippen molar-refractivity contribution in [1.29, 1.82) is 0 Å². The first-order valence-electron chi connectivity index (χ1n) is 12.0. The third-order valence-corrected chi connectivity index (χ3v) is 6.96. The number of rotatable bonds is 14. The minimum Gasteiger partial charge on any atom is -0.493 e. The fourth-order valence-corrected chi connectivity index (χ4v) is 4.73. The molecule has 0 spiro atoms. The predicted molar refractivity (Wildman–Crippen MR) is 137 cm³/mol. The summed E-state index contributed by atoms with van der Waals surface area (Å²) in [4.78, 5) is 0. The number of aromatic nitrogens is 3. The van der Waals surface area contributed by atoms with Gasteiger partial charge in [0.05, 0.1) is 30.8 Å². The molecule has 9 heteroatoms. The lowest BCUT2D eigenvalue weighted by Crippen LogP contribution is -2.37. The van der Waals surface area contributed by atoms with Gasteiger partial charge in [0.1, 0.15) is 25.9 Å². The zero-order valence-corrected chi connectivity index (χ0v) is 21.3. The van der Waals surface area contributed by atoms with Crippen LogP contribution in [0.4, 0.5) is 0 Å². The van der Waals surface area contributed by atoms with E-state index in [1.807, 2.05) is 86.0 Å². The van der Waals surface area contributed by atoms with Gasteiger partial charge in [-0.2, -0.15) is 8.42 Å². The summed E-state index contributed by atoms with van der Waals surface area (Å²) in [6, 6.07) is 23.9. The fraction of sp³-hybridized carbons (Fsp3) is 0.333. The van der Waals surface area contributed by atoms with Crippen molar-refractivity contribution >= 4 is 20.9 Å². The van der Waals surface area contributed by atoms with E-state index in [0.717, 1.165) is 27.8 Å². The number of fused-ring (bicyclic) bond motifs is 1. The third-order valence-electron chi connectivity index (χ3n) is 5.65. The molecule has 0 aliphatic carbocycles. The van der Waals surface area contributed by atoms with Crippen molar-refractivity contribution in [1.82, 2.24) is 9.90 Å². The van der Waals surface area contributed by atoms with Gasteiger partial charge in [-0.05, 0) is 28.5 Å². The highest BCUT2D eigenvalue weighted by Gasteiger charge is 2.16. The first-order chi connectivity index (χ1) is 17.5. The molecular formula is C27H32N3O5S+. The van der Waals surface area contributed by atoms with Crippen LogP contribution in [0.15, 0.2) is 79.0 Å². The Morgan fingerprint density at radius 3 is 2.50 bits per heavy atom. The van der Waals surface area contributed by atoms with Gasteiger partial charge in [-0.3, -0.25) is 4.18 Å². The molecule has 0 bridgehead atoms. The van der Waals surface area contributed by atoms with E-state index < -0.39 is 10.1 Å². The smallest absolute Gasteiger partial charge is 0.267 e. The van der Waals surface area contributed by atoms with E-state index in [0.29, 0.717) is 39.2 Å². The van der Waals surface area contributed by atoms with Crippen LogP contribution >= 0.6 is 0 Å². The van der Waals surface area contributed by atoms with E-state index in [1.165, 1.54) is 0 Å². The number of aryl methyl sites for hydroxylation is 2. The summed E-state index contributed by atoms with van der Waals surface area (Å²) in [7, 11) is -1.76. The minimum atomic E-state index is -3.60. The first kappa shape index (κ1) is 25.8. The van der Waals surface area contributed by atoms with Crippen LogP contribution in [0.1, 0.15) is 24.1 Å². The Balaban J connectivity index is 1.12. The number of ether oxygens (including phenoxy) is 2. The maximum atomic E-state index is 12.2. The Morgan fingerprint density at radius 1 is 0.889 bits per heavy atom. The molecule has 0 fully saturated rings. The van der Waals surface area contributed by atoms with Gasteiger partial charge in [-0.25, -0.2) is 0 Å². The van der Waals surface area contributed by atoms with E-state index >= 15 is 0 Å². The molecule has 3 aromatic carbocycles. The number of benzene rings is 3. The molecule has 0 aliphatic heterocycles. The molecule has 190 valence electrons. The Labute approximate surface area is 212 Å². The van der Waals surface area contributed by atoms with Gasteiger partial charge < -0.3 is 9.47 Å². The second kappa shape index (κ2) is 12.6. The standard InChI is InChI=1S/C27H32N3O5S/c1-29-26(22-33-21-23-9-3-2-4-10-23)20-30(28-29)15-7-18-36(31,32)35-17-8-16-34-27-14-13-24-11-5-6-12-25(24)19-27/h2-6,9-14,19-20H,7-8,15-18,21-22H2,1H3/q+1. The first-order valence-corrected chi connectivity index (χ1v) is 13.6. The second-order valence-electron chi connectivity index (χ2n) is 8.52. The van der Waals surface area contributed by atoms with Gasteiger partial charge in [-0.15, -0.1) is 9.36 Å². The van der Waals surface area contributed by atoms with Crippen LogP contribution < -0.4 is 9.42 Å². The topological polar surface area (TPSA) is 83.5 Å². The molecule has 1 heterocycles. The summed E-state index contributed by atoms with van der Waals surface area (Å²) >= 11 is 0. The molecule has 0 aliphatic rings. The predicted octanol–water partition coefficient (Wildman–Crippen LogP) is 3.78. The van der Waals surface area contributed by atoms with E-state index in [1.54, 1.807) is 9.36 Å². The highest BCUT2D eigenvalue weighted by Crippen LogP contribution is 2.20. The number of hydrogen-bond acceptors (Lipinski definition) is 6. The normalized spacial score (nSPS) is 11.7. The summed E-state index contributed by atoms with van der Waals surface area (Å²) in [6.07, 6.45) is 2.76. The van der Waals surface area contributed by atoms with Crippen LogP contribution in [0.3, 0.4) is 0 Å². The monoisotopic (exact) mass is 510 g/mol. The molecule has 0 unspecified atom stereocenters. The number of nitrogens with zero attached hydrogens (tertiary/aromatic N) is 3. The Bertz CT molecular complexity index is 1360. The molecular weight excluding hydrogens is 478 g/mol. The maximum Gasteiger partial charge on any atom is 0.267 e. The highest BCUT2D eigenvalue weighted by molar-refractivity contribution is 7.86. The lowest BCUT2D eigenvalue weighted by atomic mass is 10.1. The van der Waals surface area contributed by atoms with Crippen LogP contribution in [0, 0.1) is 0 Å². The van der Waals surface area contributed by atoms with Crippen LogP contribution in [0.5, 0.6) is 5.75 Å². The lowest BCUT2D eigenvalue weighted by molar-refractivity contribution is -0.755. The van der Waals surface area contributed by atoms with Crippen LogP contribution in [-0.4, -0.2) is 37.3 Å². The zero-order chi connectivity index (χ0) is 25.2. The van der Waals surface area contributed by atoms with Gasteiger partial charge in [0.25, 0.3) is 10.1 Å². The molecule has 0 atom stereocenters. The van der Waals surface area contributed by atoms with Crippen LogP contribution in [-0.2, 0) is 45.8 Å². The van der Waals surface area contributed by atoms with Crippen molar-refractivity contribution < 1.29 is 26.8 Å². The molecule has 1 aromatic heterocycles. The molecule has 4 rings (SSSR count). The molecule has 36 heavy (non-hydrogen) atoms. The van der Waals surface area contributed by atoms with E-state index in [9.17, 15) is 8.42 Å². The fourth-order valence-electron chi connectivity index (χ4n) is 3.75. The molecule has 4 aromatic rings. The van der Waals surface area contributed by atoms with E-state index in [2.05, 4.69) is 5.21 Å². The molecule has 0 amide bonds.